The number of rotatable bonds is 8. The predicted molar refractivity (Wildman–Crippen MR) is 118 cm³/mol. The molecule has 2 aromatic carbocycles. The summed E-state index contributed by atoms with van der Waals surface area (Å²) in [6.07, 6.45) is 0. The molecule has 0 unspecified atom stereocenters. The molecule has 156 valence electrons. The van der Waals surface area contributed by atoms with Crippen LogP contribution in [0.4, 0.5) is 0 Å². The third-order valence-corrected chi connectivity index (χ3v) is 5.18. The quantitative estimate of drug-likeness (QED) is 0.512. The van der Waals surface area contributed by atoms with Crippen molar-refractivity contribution >= 4 is 34.8 Å². The number of nitrogens with one attached hydrogen (secondary N) is 2. The number of aryl methyl sites for hydroxylation is 2. The highest BCUT2D eigenvalue weighted by atomic mass is 35.5. The van der Waals surface area contributed by atoms with Crippen LogP contribution >= 0.6 is 22.9 Å². The van der Waals surface area contributed by atoms with E-state index in [1.165, 1.54) is 11.3 Å². The molecule has 0 aliphatic heterocycles. The Morgan fingerprint density at radius 1 is 1.03 bits per heavy atom. The molecule has 2 amide bonds. The van der Waals surface area contributed by atoms with E-state index in [-0.39, 0.29) is 18.4 Å². The second-order valence-electron chi connectivity index (χ2n) is 6.76. The highest BCUT2D eigenvalue weighted by molar-refractivity contribution is 7.09. The molecule has 1 heterocycles. The Labute approximate surface area is 184 Å². The molecule has 0 aliphatic carbocycles. The predicted octanol–water partition coefficient (Wildman–Crippen LogP) is 4.15. The van der Waals surface area contributed by atoms with Crippen LogP contribution in [-0.2, 0) is 6.61 Å². The van der Waals surface area contributed by atoms with E-state index in [9.17, 15) is 9.59 Å². The molecule has 0 atom stereocenters. The molecule has 0 aliphatic rings. The highest BCUT2D eigenvalue weighted by Crippen LogP contribution is 2.19. The molecule has 1 aromatic heterocycles. The molecule has 0 bridgehead atoms. The molecule has 30 heavy (non-hydrogen) atoms. The molecular formula is C22H22ClN3O3S. The summed E-state index contributed by atoms with van der Waals surface area (Å²) >= 11 is 7.25. The van der Waals surface area contributed by atoms with Crippen molar-refractivity contribution in [2.45, 2.75) is 20.5 Å². The van der Waals surface area contributed by atoms with Crippen LogP contribution in [0.5, 0.6) is 5.75 Å². The van der Waals surface area contributed by atoms with Gasteiger partial charge in [-0.1, -0.05) is 23.7 Å². The van der Waals surface area contributed by atoms with Crippen LogP contribution in [0.25, 0.3) is 0 Å². The molecule has 0 saturated carbocycles. The average molecular weight is 444 g/mol. The number of hydrogen-bond donors (Lipinski definition) is 2. The standard InChI is InChI=1S/C22H22ClN3O3S/c1-14-8-15(2)10-18(9-14)29-12-20-26-19(13-30-20)22(28)25-7-6-24-21(27)16-4-3-5-17(23)11-16/h3-5,8-11,13H,6-7,12H2,1-2H3,(H,24,27)(H,25,28). The van der Waals surface area contributed by atoms with E-state index in [4.69, 9.17) is 16.3 Å². The lowest BCUT2D eigenvalue weighted by atomic mass is 10.1. The van der Waals surface area contributed by atoms with E-state index < -0.39 is 0 Å². The first kappa shape index (κ1) is 21.8. The molecule has 0 fully saturated rings. The zero-order chi connectivity index (χ0) is 21.5. The van der Waals surface area contributed by atoms with Gasteiger partial charge in [-0.2, -0.15) is 0 Å². The third kappa shape index (κ3) is 6.30. The van der Waals surface area contributed by atoms with Gasteiger partial charge in [0.05, 0.1) is 0 Å². The fraction of sp³-hybridized carbons (Fsp3) is 0.227. The average Bonchev–Trinajstić information content (AvgIpc) is 3.18. The summed E-state index contributed by atoms with van der Waals surface area (Å²) in [5, 5.41) is 8.39. The van der Waals surface area contributed by atoms with Gasteiger partial charge in [-0.15, -0.1) is 11.3 Å². The third-order valence-electron chi connectivity index (χ3n) is 4.12. The molecule has 0 saturated heterocycles. The molecule has 8 heteroatoms. The number of nitrogens with zero attached hydrogens (tertiary/aromatic N) is 1. The molecule has 0 radical (unpaired) electrons. The number of benzene rings is 2. The Morgan fingerprint density at radius 3 is 2.43 bits per heavy atom. The van der Waals surface area contributed by atoms with E-state index >= 15 is 0 Å². The minimum Gasteiger partial charge on any atom is -0.486 e. The Morgan fingerprint density at radius 2 is 1.73 bits per heavy atom. The van der Waals surface area contributed by atoms with Gasteiger partial charge in [0.1, 0.15) is 23.1 Å². The normalized spacial score (nSPS) is 10.5. The van der Waals surface area contributed by atoms with Crippen molar-refractivity contribution in [3.63, 3.8) is 0 Å². The summed E-state index contributed by atoms with van der Waals surface area (Å²) in [6, 6.07) is 12.7. The molecule has 3 aromatic rings. The number of amides is 2. The van der Waals surface area contributed by atoms with Crippen LogP contribution in [0.3, 0.4) is 0 Å². The molecule has 3 rings (SSSR count). The summed E-state index contributed by atoms with van der Waals surface area (Å²) in [7, 11) is 0. The van der Waals surface area contributed by atoms with Gasteiger partial charge in [0.25, 0.3) is 11.8 Å². The Bertz CT molecular complexity index is 1030. The SMILES string of the molecule is Cc1cc(C)cc(OCc2nc(C(=O)NCCNC(=O)c3cccc(Cl)c3)cs2)c1. The second-order valence-corrected chi connectivity index (χ2v) is 8.14. The number of ether oxygens (including phenoxy) is 1. The molecule has 2 N–H and O–H groups in total. The molecule has 6 nitrogen and oxygen atoms in total. The van der Waals surface area contributed by atoms with Crippen molar-refractivity contribution in [1.29, 1.82) is 0 Å². The van der Waals surface area contributed by atoms with E-state index in [0.717, 1.165) is 16.9 Å². The van der Waals surface area contributed by atoms with Crippen molar-refractivity contribution in [3.05, 3.63) is 80.3 Å². The number of halogens is 1. The summed E-state index contributed by atoms with van der Waals surface area (Å²) in [5.41, 5.74) is 3.07. The first-order valence-electron chi connectivity index (χ1n) is 9.38. The lowest BCUT2D eigenvalue weighted by Crippen LogP contribution is -2.34. The summed E-state index contributed by atoms with van der Waals surface area (Å²) in [6.45, 7) is 4.92. The fourth-order valence-corrected chi connectivity index (χ4v) is 3.69. The highest BCUT2D eigenvalue weighted by Gasteiger charge is 2.11. The lowest BCUT2D eigenvalue weighted by molar-refractivity contribution is 0.0925. The van der Waals surface area contributed by atoms with Crippen LogP contribution in [0, 0.1) is 13.8 Å². The van der Waals surface area contributed by atoms with Gasteiger partial charge in [-0.05, 0) is 55.3 Å². The topological polar surface area (TPSA) is 80.3 Å². The minimum absolute atomic E-state index is 0.244. The minimum atomic E-state index is -0.291. The number of aromatic nitrogens is 1. The van der Waals surface area contributed by atoms with Crippen LogP contribution in [0.1, 0.15) is 37.0 Å². The van der Waals surface area contributed by atoms with Gasteiger partial charge < -0.3 is 15.4 Å². The van der Waals surface area contributed by atoms with Crippen molar-refractivity contribution in [2.75, 3.05) is 13.1 Å². The maximum atomic E-state index is 12.2. The van der Waals surface area contributed by atoms with Crippen molar-refractivity contribution in [1.82, 2.24) is 15.6 Å². The number of carbonyl (C=O) groups is 2. The van der Waals surface area contributed by atoms with Gasteiger partial charge in [0.2, 0.25) is 0 Å². The van der Waals surface area contributed by atoms with Gasteiger partial charge >= 0.3 is 0 Å². The van der Waals surface area contributed by atoms with Crippen molar-refractivity contribution in [3.8, 4) is 5.75 Å². The maximum absolute atomic E-state index is 12.2. The van der Waals surface area contributed by atoms with Crippen LogP contribution < -0.4 is 15.4 Å². The number of carbonyl (C=O) groups excluding carboxylic acids is 2. The summed E-state index contributed by atoms with van der Waals surface area (Å²) in [5.74, 6) is 0.247. The zero-order valence-electron chi connectivity index (χ0n) is 16.7. The van der Waals surface area contributed by atoms with Gasteiger partial charge in [-0.3, -0.25) is 9.59 Å². The van der Waals surface area contributed by atoms with Gasteiger partial charge in [-0.25, -0.2) is 4.98 Å². The van der Waals surface area contributed by atoms with E-state index in [2.05, 4.69) is 21.7 Å². The molecular weight excluding hydrogens is 422 g/mol. The van der Waals surface area contributed by atoms with Crippen LogP contribution in [-0.4, -0.2) is 29.9 Å². The van der Waals surface area contributed by atoms with Crippen LogP contribution in [0.2, 0.25) is 5.02 Å². The first-order chi connectivity index (χ1) is 14.4. The van der Waals surface area contributed by atoms with Crippen LogP contribution in [0.15, 0.2) is 47.8 Å². The first-order valence-corrected chi connectivity index (χ1v) is 10.6. The van der Waals surface area contributed by atoms with E-state index in [0.29, 0.717) is 34.4 Å². The number of thiazole rings is 1. The zero-order valence-corrected chi connectivity index (χ0v) is 18.3. The Balaban J connectivity index is 1.43. The van der Waals surface area contributed by atoms with Crippen molar-refractivity contribution < 1.29 is 14.3 Å². The van der Waals surface area contributed by atoms with E-state index in [1.807, 2.05) is 26.0 Å². The Kier molecular flexibility index (Phi) is 7.43. The largest absolute Gasteiger partial charge is 0.486 e. The van der Waals surface area contributed by atoms with Crippen molar-refractivity contribution in [2.24, 2.45) is 0 Å². The fourth-order valence-electron chi connectivity index (χ4n) is 2.82. The second kappa shape index (κ2) is 10.2. The van der Waals surface area contributed by atoms with Gasteiger partial charge in [0, 0.05) is 29.1 Å². The molecule has 0 spiro atoms. The Hall–Kier alpha value is -2.90. The smallest absolute Gasteiger partial charge is 0.270 e. The van der Waals surface area contributed by atoms with E-state index in [1.54, 1.807) is 29.6 Å². The summed E-state index contributed by atoms with van der Waals surface area (Å²) < 4.78 is 5.78. The summed E-state index contributed by atoms with van der Waals surface area (Å²) in [4.78, 5) is 28.6. The number of hydrogen-bond acceptors (Lipinski definition) is 5. The monoisotopic (exact) mass is 443 g/mol. The van der Waals surface area contributed by atoms with Gasteiger partial charge in [0.15, 0.2) is 0 Å². The maximum Gasteiger partial charge on any atom is 0.270 e. The lowest BCUT2D eigenvalue weighted by Gasteiger charge is -2.07.